The number of rotatable bonds is 10. The first-order chi connectivity index (χ1) is 20.7. The van der Waals surface area contributed by atoms with Crippen molar-refractivity contribution in [3.8, 4) is 0 Å². The van der Waals surface area contributed by atoms with Gasteiger partial charge < -0.3 is 21.6 Å². The van der Waals surface area contributed by atoms with Crippen LogP contribution in [-0.2, 0) is 9.59 Å². The van der Waals surface area contributed by atoms with Crippen LogP contribution in [0.2, 0.25) is 0 Å². The van der Waals surface area contributed by atoms with Crippen LogP contribution < -0.4 is 29.5 Å². The van der Waals surface area contributed by atoms with E-state index in [1.54, 1.807) is 18.2 Å². The summed E-state index contributed by atoms with van der Waals surface area (Å²) in [4.78, 5) is 38.2. The number of likely N-dealkylation sites (tertiary alicyclic amines) is 1. The van der Waals surface area contributed by atoms with Gasteiger partial charge in [0.15, 0.2) is 0 Å². The number of nitrogens with one attached hydrogen (secondary N) is 2. The van der Waals surface area contributed by atoms with E-state index in [2.05, 4.69) is 50.3 Å². The fourth-order valence-electron chi connectivity index (χ4n) is 6.78. The Morgan fingerprint density at radius 1 is 0.826 bits per heavy atom. The van der Waals surface area contributed by atoms with Crippen molar-refractivity contribution in [2.45, 2.75) is 97.8 Å². The molecule has 0 radical (unpaired) electrons. The van der Waals surface area contributed by atoms with Gasteiger partial charge in [-0.25, -0.2) is 0 Å². The monoisotopic (exact) mass is 633 g/mol. The molecule has 5 N–H and O–H groups in total. The fourth-order valence-corrected chi connectivity index (χ4v) is 6.78. The summed E-state index contributed by atoms with van der Waals surface area (Å²) in [5.74, 6) is -0.00617. The maximum atomic E-state index is 12.7. The number of allylic oxidation sites excluding steroid dienone is 3. The largest absolute Gasteiger partial charge is 1.00 e. The maximum absolute atomic E-state index is 12.7. The van der Waals surface area contributed by atoms with Crippen molar-refractivity contribution in [2.24, 2.45) is 16.2 Å². The number of carbonyl (C=O) groups excluding carboxylic acids is 3. The van der Waals surface area contributed by atoms with Crippen molar-refractivity contribution < 1.29 is 44.2 Å². The summed E-state index contributed by atoms with van der Waals surface area (Å²) < 4.78 is 0. The van der Waals surface area contributed by atoms with E-state index in [4.69, 9.17) is 0 Å². The van der Waals surface area contributed by atoms with Crippen LogP contribution >= 0.6 is 0 Å². The average molecular weight is 634 g/mol. The molecule has 0 spiro atoms. The maximum Gasteiger partial charge on any atom is 1.00 e. The van der Waals surface area contributed by atoms with Crippen molar-refractivity contribution in [2.75, 3.05) is 26.2 Å². The van der Waals surface area contributed by atoms with Crippen LogP contribution in [-0.4, -0.2) is 59.8 Å². The van der Waals surface area contributed by atoms with Crippen LogP contribution in [0, 0.1) is 16.2 Å². The molecule has 3 heterocycles. The molecule has 1 aromatic carbocycles. The predicted octanol–water partition coefficient (Wildman–Crippen LogP) is 3.64. The van der Waals surface area contributed by atoms with Crippen LogP contribution in [0.15, 0.2) is 68.3 Å². The minimum absolute atomic E-state index is 0. The van der Waals surface area contributed by atoms with E-state index in [0.29, 0.717) is 23.9 Å². The van der Waals surface area contributed by atoms with E-state index >= 15 is 0 Å². The van der Waals surface area contributed by atoms with Crippen molar-refractivity contribution in [1.82, 2.24) is 15.5 Å². The smallest absolute Gasteiger partial charge is 0.870 e. The Morgan fingerprint density at radius 2 is 1.39 bits per heavy atom. The molecule has 8 nitrogen and oxygen atoms in total. The zero-order chi connectivity index (χ0) is 31.8. The van der Waals surface area contributed by atoms with Crippen LogP contribution in [0.5, 0.6) is 0 Å². The first-order valence-corrected chi connectivity index (χ1v) is 16.5. The molecule has 3 fully saturated rings. The summed E-state index contributed by atoms with van der Waals surface area (Å²) in [6.07, 6.45) is 17.8. The van der Waals surface area contributed by atoms with Crippen molar-refractivity contribution in [3.63, 3.8) is 0 Å². The molecular weight excluding hydrogens is 573 g/mol. The van der Waals surface area contributed by atoms with Crippen LogP contribution in [0.3, 0.4) is 0 Å². The zero-order valence-corrected chi connectivity index (χ0v) is 29.2. The molecule has 0 saturated carbocycles. The number of carbonyl (C=O) groups is 3. The van der Waals surface area contributed by atoms with E-state index < -0.39 is 5.41 Å². The summed E-state index contributed by atoms with van der Waals surface area (Å²) in [6, 6.07) is 9.01. The van der Waals surface area contributed by atoms with Gasteiger partial charge in [0, 0.05) is 25.2 Å². The second kappa shape index (κ2) is 23.0. The van der Waals surface area contributed by atoms with E-state index in [0.717, 1.165) is 51.5 Å². The van der Waals surface area contributed by atoms with Gasteiger partial charge in [-0.15, -0.1) is 19.7 Å². The molecular formula is C37H60LiN3O5. The van der Waals surface area contributed by atoms with Gasteiger partial charge in [0.05, 0.1) is 10.8 Å². The third kappa shape index (κ3) is 12.0. The second-order valence-electron chi connectivity index (χ2n) is 12.5. The Hall–Kier alpha value is -2.47. The van der Waals surface area contributed by atoms with Crippen molar-refractivity contribution in [3.05, 3.63) is 73.9 Å². The van der Waals surface area contributed by atoms with Gasteiger partial charge in [-0.3, -0.25) is 19.3 Å². The minimum Gasteiger partial charge on any atom is -0.870 e. The Balaban J connectivity index is 0. The third-order valence-corrected chi connectivity index (χ3v) is 9.91. The number of amides is 3. The molecule has 254 valence electrons. The Morgan fingerprint density at radius 3 is 1.89 bits per heavy atom. The van der Waals surface area contributed by atoms with Gasteiger partial charge in [-0.05, 0) is 101 Å². The molecule has 9 heteroatoms. The molecule has 3 saturated heterocycles. The summed E-state index contributed by atoms with van der Waals surface area (Å²) >= 11 is 0. The molecule has 0 aliphatic carbocycles. The first-order valence-electron chi connectivity index (χ1n) is 16.5. The normalized spacial score (nSPS) is 25.2. The molecule has 0 aromatic heterocycles. The van der Waals surface area contributed by atoms with Gasteiger partial charge in [-0.2, -0.15) is 0 Å². The molecule has 3 atom stereocenters. The summed E-state index contributed by atoms with van der Waals surface area (Å²) in [5.41, 5.74) is 0.538. The molecule has 0 unspecified atom stereocenters. The molecule has 3 amide bonds. The van der Waals surface area contributed by atoms with Crippen LogP contribution in [0.1, 0.15) is 108 Å². The second-order valence-corrected chi connectivity index (χ2v) is 12.5. The fraction of sp³-hybridized carbons (Fsp3) is 0.595. The van der Waals surface area contributed by atoms with Gasteiger partial charge in [0.1, 0.15) is 0 Å². The zero-order valence-electron chi connectivity index (χ0n) is 29.2. The van der Waals surface area contributed by atoms with Gasteiger partial charge in [0.2, 0.25) is 11.8 Å². The predicted molar refractivity (Wildman–Crippen MR) is 184 cm³/mol. The standard InChI is InChI=1S/C17H21NO2.C10H17NO.C10H19N.Li.2H2O/c1-3-11-17(4-2)12-8-13-18(16(17)20)15(19)14-9-6-5-7-10-14;1-3-6-10(4-2)7-5-8-11-9(10)12;1-3-6-10(4-2)7-5-8-11-9-10;;;/h3,5-7,9-10H,1,4,8,11-13H2,2H3;3H,1,4-8H2,2H3,(H,11,12);3,11H,1,4-9H2,2H3;;2*1H2/q;;;+1;;/p-1/t17-;2*10-;;;/m111.../s1. The number of benzene rings is 1. The minimum atomic E-state index is -0.440. The number of hydrogen-bond acceptors (Lipinski definition) is 5. The quantitative estimate of drug-likeness (QED) is 0.230. The van der Waals surface area contributed by atoms with E-state index in [9.17, 15) is 14.4 Å². The average Bonchev–Trinajstić information content (AvgIpc) is 3.05. The third-order valence-electron chi connectivity index (χ3n) is 9.91. The van der Waals surface area contributed by atoms with Gasteiger partial charge in [0.25, 0.3) is 5.91 Å². The molecule has 0 bridgehead atoms. The molecule has 3 aliphatic heterocycles. The van der Waals surface area contributed by atoms with E-state index in [-0.39, 0.29) is 52.9 Å². The number of nitrogens with zero attached hydrogens (tertiary/aromatic N) is 1. The Bertz CT molecular complexity index is 1080. The topological polar surface area (TPSA) is 140 Å². The Labute approximate surface area is 290 Å². The van der Waals surface area contributed by atoms with E-state index in [1.165, 1.54) is 43.7 Å². The SMILES string of the molecule is C=CC[C@]1(CC)CCCN(C(=O)c2ccccc2)C1=O.C=CC[C@]1(CC)CCCNC1.C=CC[C@]1(CC)CCCNC1=O.O.[Li+].[OH-]. The summed E-state index contributed by atoms with van der Waals surface area (Å²) in [6.45, 7) is 21.4. The number of piperidine rings is 3. The Kier molecular flexibility index (Phi) is 22.8. The molecule has 1 aromatic rings. The van der Waals surface area contributed by atoms with Crippen LogP contribution in [0.25, 0.3) is 0 Å². The first kappa shape index (κ1) is 45.6. The number of imide groups is 1. The van der Waals surface area contributed by atoms with Crippen molar-refractivity contribution in [1.29, 1.82) is 0 Å². The summed E-state index contributed by atoms with van der Waals surface area (Å²) in [7, 11) is 0. The van der Waals surface area contributed by atoms with Gasteiger partial charge in [-0.1, -0.05) is 57.2 Å². The van der Waals surface area contributed by atoms with Crippen molar-refractivity contribution >= 4 is 17.7 Å². The molecule has 46 heavy (non-hydrogen) atoms. The van der Waals surface area contributed by atoms with Crippen LogP contribution in [0.4, 0.5) is 0 Å². The van der Waals surface area contributed by atoms with Gasteiger partial charge >= 0.3 is 18.9 Å². The molecule has 3 aliphatic rings. The summed E-state index contributed by atoms with van der Waals surface area (Å²) in [5, 5.41) is 6.39. The number of hydrogen-bond donors (Lipinski definition) is 2. The molecule has 4 rings (SSSR count). The van der Waals surface area contributed by atoms with E-state index in [1.807, 2.05) is 31.2 Å².